The zero-order valence-corrected chi connectivity index (χ0v) is 14.0. The van der Waals surface area contributed by atoms with Crippen molar-refractivity contribution < 1.29 is 9.21 Å². The van der Waals surface area contributed by atoms with Gasteiger partial charge in [-0.25, -0.2) is 4.79 Å². The summed E-state index contributed by atoms with van der Waals surface area (Å²) in [7, 11) is 0. The summed E-state index contributed by atoms with van der Waals surface area (Å²) in [4.78, 5) is 15.4. The number of carbonyl (C=O) groups is 1. The molecule has 4 nitrogen and oxygen atoms in total. The molecule has 2 amide bonds. The molecule has 2 aromatic rings. The van der Waals surface area contributed by atoms with Crippen molar-refractivity contribution in [3.63, 3.8) is 0 Å². The number of hydrogen-bond acceptors (Lipinski definition) is 3. The van der Waals surface area contributed by atoms with E-state index in [1.165, 1.54) is 11.3 Å². The lowest BCUT2D eigenvalue weighted by Gasteiger charge is -2.27. The summed E-state index contributed by atoms with van der Waals surface area (Å²) < 4.78 is 6.23. The van der Waals surface area contributed by atoms with E-state index in [0.29, 0.717) is 13.1 Å². The number of rotatable bonds is 4. The lowest BCUT2D eigenvalue weighted by Crippen LogP contribution is -2.41. The Hall–Kier alpha value is -1.46. The van der Waals surface area contributed by atoms with Crippen LogP contribution in [-0.2, 0) is 13.0 Å². The number of nitrogens with one attached hydrogen (secondary N) is 1. The molecule has 6 heteroatoms. The van der Waals surface area contributed by atoms with Crippen LogP contribution in [0.3, 0.4) is 0 Å². The molecule has 22 heavy (non-hydrogen) atoms. The van der Waals surface area contributed by atoms with Crippen LogP contribution in [0.25, 0.3) is 0 Å². The van der Waals surface area contributed by atoms with Gasteiger partial charge in [0.1, 0.15) is 5.76 Å². The Morgan fingerprint density at radius 3 is 3.09 bits per heavy atom. The first-order valence-electron chi connectivity index (χ1n) is 7.53. The molecular weight excluding hydrogens is 320 g/mol. The molecule has 1 aliphatic rings. The first kappa shape index (κ1) is 15.4. The zero-order valence-electron chi connectivity index (χ0n) is 12.5. The number of halogens is 1. The molecule has 1 aliphatic carbocycles. The molecule has 1 unspecified atom stereocenters. The summed E-state index contributed by atoms with van der Waals surface area (Å²) >= 11 is 7.47. The molecule has 2 heterocycles. The highest BCUT2D eigenvalue weighted by Crippen LogP contribution is 2.30. The molecule has 2 aromatic heterocycles. The van der Waals surface area contributed by atoms with Crippen LogP contribution in [0.15, 0.2) is 28.9 Å². The van der Waals surface area contributed by atoms with Gasteiger partial charge in [0.2, 0.25) is 0 Å². The fourth-order valence-electron chi connectivity index (χ4n) is 2.83. The van der Waals surface area contributed by atoms with Gasteiger partial charge < -0.3 is 14.6 Å². The molecular formula is C16H19ClN2O2S. The second-order valence-corrected chi connectivity index (χ2v) is 7.21. The van der Waals surface area contributed by atoms with Crippen molar-refractivity contribution >= 4 is 29.0 Å². The molecule has 1 atom stereocenters. The summed E-state index contributed by atoms with van der Waals surface area (Å²) in [6.45, 7) is 3.23. The van der Waals surface area contributed by atoms with Crippen LogP contribution in [0.1, 0.15) is 42.0 Å². The van der Waals surface area contributed by atoms with Crippen LogP contribution in [0.2, 0.25) is 4.34 Å². The highest BCUT2D eigenvalue weighted by Gasteiger charge is 2.25. The molecule has 118 valence electrons. The van der Waals surface area contributed by atoms with Gasteiger partial charge in [-0.2, -0.15) is 0 Å². The molecule has 3 rings (SSSR count). The Kier molecular flexibility index (Phi) is 4.74. The first-order valence-corrected chi connectivity index (χ1v) is 8.72. The molecule has 0 radical (unpaired) electrons. The van der Waals surface area contributed by atoms with Crippen LogP contribution in [0.4, 0.5) is 4.79 Å². The highest BCUT2D eigenvalue weighted by atomic mass is 35.5. The molecule has 0 saturated heterocycles. The summed E-state index contributed by atoms with van der Waals surface area (Å²) in [5.74, 6) is 1.00. The van der Waals surface area contributed by atoms with Crippen molar-refractivity contribution in [1.82, 2.24) is 10.2 Å². The average Bonchev–Trinajstić information content (AvgIpc) is 3.14. The third kappa shape index (κ3) is 3.31. The van der Waals surface area contributed by atoms with Gasteiger partial charge >= 0.3 is 6.03 Å². The fourth-order valence-corrected chi connectivity index (χ4v) is 3.93. The number of urea groups is 1. The summed E-state index contributed by atoms with van der Waals surface area (Å²) in [5, 5.41) is 3.14. The summed E-state index contributed by atoms with van der Waals surface area (Å²) in [6.07, 6.45) is 4.67. The third-order valence-corrected chi connectivity index (χ3v) is 5.21. The maximum atomic E-state index is 12.5. The van der Waals surface area contributed by atoms with Gasteiger partial charge in [0.25, 0.3) is 0 Å². The molecule has 0 bridgehead atoms. The number of aryl methyl sites for hydroxylation is 1. The van der Waals surface area contributed by atoms with E-state index < -0.39 is 0 Å². The van der Waals surface area contributed by atoms with Crippen molar-refractivity contribution in [2.45, 2.75) is 38.8 Å². The minimum atomic E-state index is -0.0360. The van der Waals surface area contributed by atoms with Crippen molar-refractivity contribution in [2.75, 3.05) is 6.54 Å². The van der Waals surface area contributed by atoms with Gasteiger partial charge in [-0.1, -0.05) is 11.6 Å². The topological polar surface area (TPSA) is 45.5 Å². The average molecular weight is 339 g/mol. The monoisotopic (exact) mass is 338 g/mol. The SMILES string of the molecule is CCN(Cc1ccc(Cl)s1)C(=O)NC1CCCc2occc21. The molecule has 0 aliphatic heterocycles. The number of amides is 2. The normalized spacial score (nSPS) is 17.1. The van der Waals surface area contributed by atoms with E-state index >= 15 is 0 Å². The van der Waals surface area contributed by atoms with Crippen LogP contribution in [0.5, 0.6) is 0 Å². The molecule has 0 fully saturated rings. The van der Waals surface area contributed by atoms with Crippen LogP contribution in [-0.4, -0.2) is 17.5 Å². The molecule has 0 aromatic carbocycles. The number of furan rings is 1. The van der Waals surface area contributed by atoms with Crippen LogP contribution < -0.4 is 5.32 Å². The first-order chi connectivity index (χ1) is 10.7. The van der Waals surface area contributed by atoms with Gasteiger partial charge in [-0.05, 0) is 38.0 Å². The third-order valence-electron chi connectivity index (χ3n) is 3.99. The van der Waals surface area contributed by atoms with Crippen molar-refractivity contribution in [3.8, 4) is 0 Å². The largest absolute Gasteiger partial charge is 0.469 e. The van der Waals surface area contributed by atoms with E-state index in [1.54, 1.807) is 11.2 Å². The van der Waals surface area contributed by atoms with Crippen LogP contribution in [0, 0.1) is 0 Å². The minimum absolute atomic E-state index is 0.0360. The second-order valence-electron chi connectivity index (χ2n) is 5.41. The van der Waals surface area contributed by atoms with Gasteiger partial charge in [-0.15, -0.1) is 11.3 Å². The van der Waals surface area contributed by atoms with E-state index in [9.17, 15) is 4.79 Å². The summed E-state index contributed by atoms with van der Waals surface area (Å²) in [5.41, 5.74) is 1.12. The van der Waals surface area contributed by atoms with Crippen molar-refractivity contribution in [1.29, 1.82) is 0 Å². The van der Waals surface area contributed by atoms with Gasteiger partial charge in [0, 0.05) is 23.4 Å². The minimum Gasteiger partial charge on any atom is -0.469 e. The lowest BCUT2D eigenvalue weighted by atomic mass is 9.93. The zero-order chi connectivity index (χ0) is 15.5. The maximum absolute atomic E-state index is 12.5. The van der Waals surface area contributed by atoms with Crippen LogP contribution >= 0.6 is 22.9 Å². The predicted octanol–water partition coefficient (Wildman–Crippen LogP) is 4.60. The number of hydrogen-bond donors (Lipinski definition) is 1. The van der Waals surface area contributed by atoms with Crippen molar-refractivity contribution in [2.24, 2.45) is 0 Å². The molecule has 0 saturated carbocycles. The van der Waals surface area contributed by atoms with Crippen molar-refractivity contribution in [3.05, 3.63) is 45.0 Å². The van der Waals surface area contributed by atoms with Gasteiger partial charge in [-0.3, -0.25) is 0 Å². The predicted molar refractivity (Wildman–Crippen MR) is 88.3 cm³/mol. The fraction of sp³-hybridized carbons (Fsp3) is 0.438. The Morgan fingerprint density at radius 1 is 1.50 bits per heavy atom. The molecule has 0 spiro atoms. The Morgan fingerprint density at radius 2 is 2.36 bits per heavy atom. The Labute approximate surface area is 139 Å². The smallest absolute Gasteiger partial charge is 0.318 e. The van der Waals surface area contributed by atoms with E-state index in [1.807, 2.05) is 25.1 Å². The standard InChI is InChI=1S/C16H19ClN2O2S/c1-2-19(10-11-6-7-15(17)22-11)16(20)18-13-4-3-5-14-12(13)8-9-21-14/h6-9,13H,2-5,10H2,1H3,(H,18,20). The Bertz CT molecular complexity index is 652. The maximum Gasteiger partial charge on any atom is 0.318 e. The summed E-state index contributed by atoms with van der Waals surface area (Å²) in [6, 6.07) is 5.82. The van der Waals surface area contributed by atoms with E-state index in [-0.39, 0.29) is 12.1 Å². The quantitative estimate of drug-likeness (QED) is 0.885. The number of fused-ring (bicyclic) bond motifs is 1. The highest BCUT2D eigenvalue weighted by molar-refractivity contribution is 7.16. The van der Waals surface area contributed by atoms with E-state index in [2.05, 4.69) is 5.32 Å². The van der Waals surface area contributed by atoms with Gasteiger partial charge in [0.05, 0.1) is 23.2 Å². The van der Waals surface area contributed by atoms with E-state index in [4.69, 9.17) is 16.0 Å². The number of thiophene rings is 1. The number of carbonyl (C=O) groups excluding carboxylic acids is 1. The number of nitrogens with zero attached hydrogens (tertiary/aromatic N) is 1. The van der Waals surface area contributed by atoms with E-state index in [0.717, 1.165) is 39.8 Å². The second kappa shape index (κ2) is 6.75. The molecule has 1 N–H and O–H groups in total. The lowest BCUT2D eigenvalue weighted by molar-refractivity contribution is 0.192. The van der Waals surface area contributed by atoms with Gasteiger partial charge in [0.15, 0.2) is 0 Å². The Balaban J connectivity index is 1.65.